The van der Waals surface area contributed by atoms with Gasteiger partial charge in [0, 0.05) is 27.1 Å². The molecule has 0 saturated carbocycles. The lowest BCUT2D eigenvalue weighted by Crippen LogP contribution is -2.10. The Balaban J connectivity index is 1.18. The Bertz CT molecular complexity index is 4210. The summed E-state index contributed by atoms with van der Waals surface area (Å²) < 4.78 is 146. The van der Waals surface area contributed by atoms with E-state index in [0.29, 0.717) is 16.7 Å². The van der Waals surface area contributed by atoms with Crippen molar-refractivity contribution in [1.82, 2.24) is 24.1 Å². The molecule has 290 valence electrons. The van der Waals surface area contributed by atoms with Gasteiger partial charge in [-0.15, -0.1) is 0 Å². The summed E-state index contributed by atoms with van der Waals surface area (Å²) in [5.74, 6) is -1.11. The molecule has 0 bridgehead atoms. The van der Waals surface area contributed by atoms with E-state index >= 15 is 0 Å². The molecule has 0 spiro atoms. The fourth-order valence-corrected chi connectivity index (χ4v) is 7.99. The molecule has 12 aromatic rings. The third kappa shape index (κ3) is 6.06. The molecule has 0 N–H and O–H groups in total. The third-order valence-electron chi connectivity index (χ3n) is 10.9. The maximum atomic E-state index is 9.30. The summed E-state index contributed by atoms with van der Waals surface area (Å²) in [6, 6.07) is 30.7. The SMILES string of the molecule is [2H]c1c([2H])c([2H])c2c(c1[2H])c1c([2H])c([2H])c([2H])c([2H])c1n2-c1nc(-c2cc(-c3ccccc3)cc(-c3ccc(-c4ccc(-c5ccccc5)cc4)cc3)c2)nc(-n2c3c([2H])c([2H])c([2H])c([2H])c3c3c([2H])c([2H])c([2H])c([2H])c32)n1. The number of hydrogen-bond donors (Lipinski definition) is 0. The van der Waals surface area contributed by atoms with E-state index in [1.54, 1.807) is 12.1 Å². The van der Waals surface area contributed by atoms with Gasteiger partial charge in [0.2, 0.25) is 11.9 Å². The monoisotopic (exact) mass is 807 g/mol. The smallest absolute Gasteiger partial charge is 0.240 e. The van der Waals surface area contributed by atoms with Crippen LogP contribution in [0.3, 0.4) is 0 Å². The number of hydrogen-bond acceptors (Lipinski definition) is 3. The highest BCUT2D eigenvalue weighted by atomic mass is 15.3. The van der Waals surface area contributed by atoms with Gasteiger partial charge in [0.1, 0.15) is 0 Å². The Morgan fingerprint density at radius 3 is 0.952 bits per heavy atom. The Kier molecular flexibility index (Phi) is 5.41. The summed E-state index contributed by atoms with van der Waals surface area (Å²) in [5.41, 5.74) is 6.04. The van der Waals surface area contributed by atoms with E-state index < -0.39 is 109 Å². The van der Waals surface area contributed by atoms with Crippen molar-refractivity contribution in [1.29, 1.82) is 0 Å². The van der Waals surface area contributed by atoms with Gasteiger partial charge < -0.3 is 0 Å². The molecule has 0 amide bonds. The molecule has 0 saturated heterocycles. The van der Waals surface area contributed by atoms with Crippen molar-refractivity contribution in [2.75, 3.05) is 0 Å². The van der Waals surface area contributed by atoms with Crippen LogP contribution < -0.4 is 0 Å². The summed E-state index contributed by atoms with van der Waals surface area (Å²) in [6.07, 6.45) is 0. The zero-order valence-corrected chi connectivity index (χ0v) is 32.4. The molecule has 0 atom stereocenters. The van der Waals surface area contributed by atoms with Gasteiger partial charge in [-0.3, -0.25) is 9.13 Å². The average Bonchev–Trinajstić information content (AvgIpc) is 4.24. The fraction of sp³-hybridized carbons (Fsp3) is 0. The van der Waals surface area contributed by atoms with Crippen molar-refractivity contribution < 1.29 is 21.9 Å². The predicted molar refractivity (Wildman–Crippen MR) is 256 cm³/mol. The lowest BCUT2D eigenvalue weighted by Gasteiger charge is -2.14. The minimum absolute atomic E-state index is 0.155. The lowest BCUT2D eigenvalue weighted by atomic mass is 9.94. The molecule has 3 heterocycles. The minimum atomic E-state index is -0.703. The number of para-hydroxylation sites is 4. The van der Waals surface area contributed by atoms with Crippen LogP contribution in [0.2, 0.25) is 0 Å². The van der Waals surface area contributed by atoms with Crippen LogP contribution in [0.15, 0.2) is 224 Å². The number of fused-ring (bicyclic) bond motifs is 6. The fourth-order valence-electron chi connectivity index (χ4n) is 7.99. The van der Waals surface area contributed by atoms with Crippen LogP contribution in [0.25, 0.3) is 111 Å². The van der Waals surface area contributed by atoms with Crippen LogP contribution in [-0.4, -0.2) is 24.1 Å². The van der Waals surface area contributed by atoms with Crippen LogP contribution in [0.4, 0.5) is 0 Å². The van der Waals surface area contributed by atoms with Crippen LogP contribution in [0.5, 0.6) is 0 Å². The van der Waals surface area contributed by atoms with Crippen molar-refractivity contribution in [2.24, 2.45) is 0 Å². The molecule has 5 heteroatoms. The van der Waals surface area contributed by atoms with E-state index in [2.05, 4.69) is 36.4 Å². The van der Waals surface area contributed by atoms with E-state index in [-0.39, 0.29) is 49.4 Å². The second kappa shape index (κ2) is 14.7. The summed E-state index contributed by atoms with van der Waals surface area (Å²) in [6.45, 7) is 0. The lowest BCUT2D eigenvalue weighted by molar-refractivity contribution is 0.893. The van der Waals surface area contributed by atoms with E-state index in [1.807, 2.05) is 78.9 Å². The highest BCUT2D eigenvalue weighted by molar-refractivity contribution is 6.10. The van der Waals surface area contributed by atoms with E-state index in [9.17, 15) is 5.48 Å². The van der Waals surface area contributed by atoms with Crippen LogP contribution in [0.1, 0.15) is 21.9 Å². The number of rotatable bonds is 7. The van der Waals surface area contributed by atoms with Crippen LogP contribution in [-0.2, 0) is 0 Å². The van der Waals surface area contributed by atoms with Crippen molar-refractivity contribution in [3.8, 4) is 67.8 Å². The molecule has 62 heavy (non-hydrogen) atoms. The number of nitrogens with zero attached hydrogens (tertiary/aromatic N) is 5. The first-order valence-electron chi connectivity index (χ1n) is 27.6. The summed E-state index contributed by atoms with van der Waals surface area (Å²) in [5, 5.41) is -1.07. The predicted octanol–water partition coefficient (Wildman–Crippen LogP) is 14.4. The van der Waals surface area contributed by atoms with E-state index in [1.165, 1.54) is 0 Å². The normalized spacial score (nSPS) is 15.2. The Morgan fingerprint density at radius 2 is 0.581 bits per heavy atom. The maximum absolute atomic E-state index is 9.30. The first-order chi connectivity index (χ1) is 37.4. The molecule has 9 aromatic carbocycles. The average molecular weight is 808 g/mol. The summed E-state index contributed by atoms with van der Waals surface area (Å²) in [4.78, 5) is 14.8. The molecule has 0 aliphatic rings. The van der Waals surface area contributed by atoms with Gasteiger partial charge in [-0.2, -0.15) is 15.0 Å². The quantitative estimate of drug-likeness (QED) is 0.161. The van der Waals surface area contributed by atoms with Crippen molar-refractivity contribution >= 4 is 43.6 Å². The summed E-state index contributed by atoms with van der Waals surface area (Å²) >= 11 is 0. The maximum Gasteiger partial charge on any atom is 0.240 e. The molecule has 0 aliphatic carbocycles. The van der Waals surface area contributed by atoms with Gasteiger partial charge >= 0.3 is 0 Å². The molecule has 0 fully saturated rings. The molecule has 3 aromatic heterocycles. The first-order valence-corrected chi connectivity index (χ1v) is 19.6. The third-order valence-corrected chi connectivity index (χ3v) is 10.9. The molecule has 0 aliphatic heterocycles. The van der Waals surface area contributed by atoms with Gasteiger partial charge in [-0.05, 0) is 86.9 Å². The highest BCUT2D eigenvalue weighted by Crippen LogP contribution is 2.37. The second-order valence-corrected chi connectivity index (χ2v) is 14.5. The molecule has 0 radical (unpaired) electrons. The molecular weight excluding hydrogens is 755 g/mol. The zero-order chi connectivity index (χ0) is 54.9. The van der Waals surface area contributed by atoms with Crippen molar-refractivity contribution in [3.63, 3.8) is 0 Å². The molecular formula is C57H37N5. The van der Waals surface area contributed by atoms with Gasteiger partial charge in [-0.25, -0.2) is 0 Å². The van der Waals surface area contributed by atoms with Gasteiger partial charge in [0.25, 0.3) is 0 Å². The first kappa shape index (κ1) is 22.8. The highest BCUT2D eigenvalue weighted by Gasteiger charge is 2.21. The Labute approximate surface area is 381 Å². The van der Waals surface area contributed by atoms with Crippen LogP contribution >= 0.6 is 0 Å². The Morgan fingerprint density at radius 1 is 0.290 bits per heavy atom. The standard InChI is InChI=1S/C57H37N5/c1-3-15-38(16-4-1)40-27-29-41(30-28-40)42-31-33-43(34-32-42)45-35-44(39-17-5-2-6-18-39)36-46(37-45)55-58-56(61-51-23-11-7-19-47(51)48-20-8-12-24-52(48)61)60-57(59-55)62-53-25-13-9-21-49(53)50-22-10-14-26-54(50)62/h1-37H/i7D,8D,9D,10D,11D,12D,13D,14D,19D,20D,21D,22D,23D,24D,25D,26D. The second-order valence-electron chi connectivity index (χ2n) is 14.5. The topological polar surface area (TPSA) is 48.5 Å². The molecule has 0 unspecified atom stereocenters. The molecule has 5 nitrogen and oxygen atoms in total. The summed E-state index contributed by atoms with van der Waals surface area (Å²) in [7, 11) is 0. The van der Waals surface area contributed by atoms with Crippen molar-refractivity contribution in [3.05, 3.63) is 224 Å². The van der Waals surface area contributed by atoms with E-state index in [0.717, 1.165) is 42.5 Å². The minimum Gasteiger partial charge on any atom is -0.278 e. The van der Waals surface area contributed by atoms with Crippen molar-refractivity contribution in [2.45, 2.75) is 0 Å². The van der Waals surface area contributed by atoms with Crippen LogP contribution in [0, 0.1) is 0 Å². The largest absolute Gasteiger partial charge is 0.278 e. The van der Waals surface area contributed by atoms with E-state index in [4.69, 9.17) is 31.4 Å². The van der Waals surface area contributed by atoms with Gasteiger partial charge in [-0.1, -0.05) is 182 Å². The van der Waals surface area contributed by atoms with Gasteiger partial charge in [0.15, 0.2) is 5.82 Å². The zero-order valence-electron chi connectivity index (χ0n) is 48.4. The Hall–Kier alpha value is -8.41. The number of aromatic nitrogens is 5. The number of benzene rings is 9. The molecule has 12 rings (SSSR count). The van der Waals surface area contributed by atoms with Gasteiger partial charge in [0.05, 0.1) is 44.0 Å².